The largest absolute Gasteiger partial charge is 0.379 e. The van der Waals surface area contributed by atoms with Gasteiger partial charge in [0.15, 0.2) is 0 Å². The van der Waals surface area contributed by atoms with Crippen LogP contribution in [0.4, 0.5) is 0 Å². The van der Waals surface area contributed by atoms with E-state index in [1.54, 1.807) is 0 Å². The van der Waals surface area contributed by atoms with Gasteiger partial charge in [-0.1, -0.05) is 0 Å². The van der Waals surface area contributed by atoms with Crippen LogP contribution in [0.25, 0.3) is 0 Å². The quantitative estimate of drug-likeness (QED) is 0.694. The molecule has 20 heavy (non-hydrogen) atoms. The van der Waals surface area contributed by atoms with Crippen molar-refractivity contribution in [3.8, 4) is 0 Å². The lowest BCUT2D eigenvalue weighted by atomic mass is 10.1. The Morgan fingerprint density at radius 3 is 2.85 bits per heavy atom. The van der Waals surface area contributed by atoms with Crippen LogP contribution in [-0.4, -0.2) is 44.4 Å². The second-order valence-corrected chi connectivity index (χ2v) is 5.62. The van der Waals surface area contributed by atoms with Crippen LogP contribution in [0.15, 0.2) is 0 Å². The lowest BCUT2D eigenvalue weighted by Gasteiger charge is -2.12. The Balaban J connectivity index is 0.00000200. The van der Waals surface area contributed by atoms with E-state index < -0.39 is 0 Å². The molecule has 3 atom stereocenters. The zero-order valence-corrected chi connectivity index (χ0v) is 12.8. The lowest BCUT2D eigenvalue weighted by molar-refractivity contribution is -0.124. The Labute approximate surface area is 127 Å². The predicted molar refractivity (Wildman–Crippen MR) is 80.0 cm³/mol. The van der Waals surface area contributed by atoms with Crippen molar-refractivity contribution in [1.82, 2.24) is 5.32 Å². The van der Waals surface area contributed by atoms with E-state index in [1.807, 2.05) is 0 Å². The van der Waals surface area contributed by atoms with Gasteiger partial charge >= 0.3 is 0 Å². The molecular weight excluding hydrogens is 280 g/mol. The highest BCUT2D eigenvalue weighted by Crippen LogP contribution is 2.23. The van der Waals surface area contributed by atoms with Crippen LogP contribution >= 0.6 is 12.4 Å². The number of rotatable bonds is 7. The van der Waals surface area contributed by atoms with Gasteiger partial charge in [0.1, 0.15) is 0 Å². The van der Waals surface area contributed by atoms with Crippen LogP contribution in [0, 0.1) is 5.92 Å². The van der Waals surface area contributed by atoms with Crippen LogP contribution in [0.3, 0.4) is 0 Å². The molecule has 1 amide bonds. The smallest absolute Gasteiger partial charge is 0.223 e. The van der Waals surface area contributed by atoms with Crippen molar-refractivity contribution in [2.75, 3.05) is 26.4 Å². The van der Waals surface area contributed by atoms with Crippen LogP contribution in [0.1, 0.15) is 38.5 Å². The second-order valence-electron chi connectivity index (χ2n) is 5.62. The monoisotopic (exact) mass is 306 g/mol. The van der Waals surface area contributed by atoms with E-state index in [1.165, 1.54) is 0 Å². The summed E-state index contributed by atoms with van der Waals surface area (Å²) < 4.78 is 11.0. The van der Waals surface area contributed by atoms with E-state index >= 15 is 0 Å². The zero-order valence-electron chi connectivity index (χ0n) is 12.0. The fraction of sp³-hybridized carbons (Fsp3) is 0.929. The first-order chi connectivity index (χ1) is 9.25. The maximum atomic E-state index is 11.8. The van der Waals surface area contributed by atoms with Crippen molar-refractivity contribution in [2.45, 2.75) is 50.7 Å². The number of halogens is 1. The molecule has 0 aromatic heterocycles. The molecule has 5 nitrogen and oxygen atoms in total. The normalized spacial score (nSPS) is 29.1. The number of amides is 1. The number of carbonyl (C=O) groups is 1. The van der Waals surface area contributed by atoms with E-state index in [0.717, 1.165) is 45.1 Å². The van der Waals surface area contributed by atoms with Crippen molar-refractivity contribution < 1.29 is 14.3 Å². The Morgan fingerprint density at radius 2 is 2.20 bits per heavy atom. The summed E-state index contributed by atoms with van der Waals surface area (Å²) in [5, 5.41) is 2.97. The lowest BCUT2D eigenvalue weighted by Crippen LogP contribution is -2.31. The molecule has 3 unspecified atom stereocenters. The van der Waals surface area contributed by atoms with Crippen LogP contribution in [-0.2, 0) is 14.3 Å². The molecule has 1 aliphatic heterocycles. The number of nitrogens with two attached hydrogens (primary N) is 1. The van der Waals surface area contributed by atoms with E-state index in [-0.39, 0.29) is 36.4 Å². The summed E-state index contributed by atoms with van der Waals surface area (Å²) in [6, 6.07) is 0.213. The summed E-state index contributed by atoms with van der Waals surface area (Å²) in [5.41, 5.74) is 5.81. The van der Waals surface area contributed by atoms with E-state index in [2.05, 4.69) is 5.32 Å². The van der Waals surface area contributed by atoms with Crippen LogP contribution in [0.5, 0.6) is 0 Å². The van der Waals surface area contributed by atoms with Gasteiger partial charge in [-0.25, -0.2) is 0 Å². The van der Waals surface area contributed by atoms with Crippen molar-refractivity contribution in [1.29, 1.82) is 0 Å². The Bertz CT molecular complexity index is 286. The molecule has 2 fully saturated rings. The molecule has 6 heteroatoms. The molecular formula is C14H27ClN2O3. The van der Waals surface area contributed by atoms with Gasteiger partial charge in [0.25, 0.3) is 0 Å². The Hall–Kier alpha value is -0.360. The topological polar surface area (TPSA) is 73.6 Å². The van der Waals surface area contributed by atoms with E-state index in [0.29, 0.717) is 19.8 Å². The average molecular weight is 307 g/mol. The van der Waals surface area contributed by atoms with Gasteiger partial charge in [0, 0.05) is 31.7 Å². The van der Waals surface area contributed by atoms with Gasteiger partial charge in [-0.2, -0.15) is 0 Å². The minimum atomic E-state index is 0. The highest BCUT2D eigenvalue weighted by atomic mass is 35.5. The number of carbonyl (C=O) groups excluding carboxylic acids is 1. The fourth-order valence-corrected chi connectivity index (χ4v) is 2.78. The summed E-state index contributed by atoms with van der Waals surface area (Å²) in [6.45, 7) is 2.93. The molecule has 0 spiro atoms. The first kappa shape index (κ1) is 17.7. The van der Waals surface area contributed by atoms with Crippen LogP contribution < -0.4 is 11.1 Å². The van der Waals surface area contributed by atoms with E-state index in [4.69, 9.17) is 15.2 Å². The minimum Gasteiger partial charge on any atom is -0.379 e. The summed E-state index contributed by atoms with van der Waals surface area (Å²) in [7, 11) is 0. The van der Waals surface area contributed by atoms with Crippen molar-refractivity contribution >= 4 is 18.3 Å². The number of nitrogens with one attached hydrogen (secondary N) is 1. The average Bonchev–Trinajstić information content (AvgIpc) is 3.04. The summed E-state index contributed by atoms with van der Waals surface area (Å²) >= 11 is 0. The molecule has 1 saturated carbocycles. The molecule has 118 valence electrons. The van der Waals surface area contributed by atoms with Crippen LogP contribution in [0.2, 0.25) is 0 Å². The van der Waals surface area contributed by atoms with Crippen molar-refractivity contribution in [2.24, 2.45) is 11.7 Å². The molecule has 1 heterocycles. The molecule has 0 radical (unpaired) electrons. The third-order valence-electron chi connectivity index (χ3n) is 3.94. The molecule has 3 N–H and O–H groups in total. The third kappa shape index (κ3) is 5.95. The molecule has 0 aromatic rings. The maximum absolute atomic E-state index is 11.8. The van der Waals surface area contributed by atoms with Gasteiger partial charge in [0.05, 0.1) is 12.7 Å². The van der Waals surface area contributed by atoms with Crippen molar-refractivity contribution in [3.63, 3.8) is 0 Å². The molecule has 2 aliphatic rings. The SMILES string of the molecule is Cl.NC1CCC(C(=O)NCCCOCC2CCCO2)C1. The third-order valence-corrected chi connectivity index (χ3v) is 3.94. The van der Waals surface area contributed by atoms with Gasteiger partial charge in [-0.15, -0.1) is 12.4 Å². The molecule has 0 bridgehead atoms. The molecule has 1 saturated heterocycles. The standard InChI is InChI=1S/C14H26N2O3.ClH/c15-12-5-4-11(9-12)14(17)16-6-2-7-18-10-13-3-1-8-19-13;/h11-13H,1-10,15H2,(H,16,17);1H. The Morgan fingerprint density at radius 1 is 1.35 bits per heavy atom. The number of ether oxygens (including phenoxy) is 2. The van der Waals surface area contributed by atoms with Gasteiger partial charge in [0.2, 0.25) is 5.91 Å². The minimum absolute atomic E-state index is 0. The molecule has 0 aromatic carbocycles. The first-order valence-electron chi connectivity index (χ1n) is 7.48. The zero-order chi connectivity index (χ0) is 13.5. The molecule has 1 aliphatic carbocycles. The highest BCUT2D eigenvalue weighted by molar-refractivity contribution is 5.85. The van der Waals surface area contributed by atoms with Crippen molar-refractivity contribution in [3.05, 3.63) is 0 Å². The summed E-state index contributed by atoms with van der Waals surface area (Å²) in [6.07, 6.45) is 6.14. The molecule has 2 rings (SSSR count). The number of hydrogen-bond donors (Lipinski definition) is 2. The summed E-state index contributed by atoms with van der Waals surface area (Å²) in [4.78, 5) is 11.8. The fourth-order valence-electron chi connectivity index (χ4n) is 2.78. The Kier molecular flexibility index (Phi) is 8.45. The first-order valence-corrected chi connectivity index (χ1v) is 7.48. The van der Waals surface area contributed by atoms with Gasteiger partial charge in [-0.3, -0.25) is 4.79 Å². The van der Waals surface area contributed by atoms with Gasteiger partial charge < -0.3 is 20.5 Å². The van der Waals surface area contributed by atoms with E-state index in [9.17, 15) is 4.79 Å². The highest BCUT2D eigenvalue weighted by Gasteiger charge is 2.27. The predicted octanol–water partition coefficient (Wildman–Crippen LogP) is 1.24. The number of hydrogen-bond acceptors (Lipinski definition) is 4. The second kappa shape index (κ2) is 9.55. The summed E-state index contributed by atoms with van der Waals surface area (Å²) in [5.74, 6) is 0.287. The maximum Gasteiger partial charge on any atom is 0.223 e. The van der Waals surface area contributed by atoms with Gasteiger partial charge in [-0.05, 0) is 38.5 Å².